The molecule has 5 nitrogen and oxygen atoms in total. The summed E-state index contributed by atoms with van der Waals surface area (Å²) in [5.74, 6) is 0.291. The molecule has 3 heterocycles. The van der Waals surface area contributed by atoms with Crippen LogP contribution in [0.2, 0.25) is 0 Å². The van der Waals surface area contributed by atoms with Gasteiger partial charge in [0.2, 0.25) is 0 Å². The minimum Gasteiger partial charge on any atom is -0.365 e. The third-order valence-electron chi connectivity index (χ3n) is 4.14. The van der Waals surface area contributed by atoms with Gasteiger partial charge in [0.05, 0.1) is 13.2 Å². The minimum absolute atomic E-state index is 0.0177. The number of rotatable bonds is 2. The zero-order chi connectivity index (χ0) is 16.4. The highest BCUT2D eigenvalue weighted by atomic mass is 19.4. The first-order chi connectivity index (χ1) is 10.9. The SMILES string of the molecule is O=C(c1ccnc(N2CCOC(C(F)(F)F)C2)c1)N1CCCC1. The number of aromatic nitrogens is 1. The summed E-state index contributed by atoms with van der Waals surface area (Å²) in [5.41, 5.74) is 0.465. The molecule has 2 saturated heterocycles. The van der Waals surface area contributed by atoms with Crippen molar-refractivity contribution in [1.29, 1.82) is 0 Å². The number of hydrogen-bond donors (Lipinski definition) is 0. The first kappa shape index (κ1) is 16.0. The number of halogens is 3. The number of amides is 1. The van der Waals surface area contributed by atoms with Crippen LogP contribution >= 0.6 is 0 Å². The van der Waals surface area contributed by atoms with Crippen molar-refractivity contribution in [3.05, 3.63) is 23.9 Å². The van der Waals surface area contributed by atoms with Crippen LogP contribution < -0.4 is 4.90 Å². The topological polar surface area (TPSA) is 45.7 Å². The normalized spacial score (nSPS) is 22.5. The van der Waals surface area contributed by atoms with Crippen molar-refractivity contribution in [2.24, 2.45) is 0 Å². The smallest absolute Gasteiger partial charge is 0.365 e. The van der Waals surface area contributed by atoms with E-state index in [9.17, 15) is 18.0 Å². The van der Waals surface area contributed by atoms with Crippen molar-refractivity contribution in [1.82, 2.24) is 9.88 Å². The van der Waals surface area contributed by atoms with E-state index in [4.69, 9.17) is 4.74 Å². The number of carbonyl (C=O) groups excluding carboxylic acids is 1. The molecular formula is C15H18F3N3O2. The van der Waals surface area contributed by atoms with Gasteiger partial charge in [-0.05, 0) is 25.0 Å². The van der Waals surface area contributed by atoms with Crippen LogP contribution in [0.15, 0.2) is 18.3 Å². The van der Waals surface area contributed by atoms with Gasteiger partial charge in [0, 0.05) is 31.4 Å². The summed E-state index contributed by atoms with van der Waals surface area (Å²) in [6.45, 7) is 1.45. The van der Waals surface area contributed by atoms with Crippen LogP contribution in [0.5, 0.6) is 0 Å². The predicted octanol–water partition coefficient (Wildman–Crippen LogP) is 2.09. The lowest BCUT2D eigenvalue weighted by Gasteiger charge is -2.34. The number of carbonyl (C=O) groups is 1. The summed E-state index contributed by atoms with van der Waals surface area (Å²) in [5, 5.41) is 0. The number of alkyl halides is 3. The minimum atomic E-state index is -4.40. The van der Waals surface area contributed by atoms with Gasteiger partial charge in [-0.25, -0.2) is 4.98 Å². The van der Waals surface area contributed by atoms with Crippen molar-refractivity contribution in [3.63, 3.8) is 0 Å². The monoisotopic (exact) mass is 329 g/mol. The van der Waals surface area contributed by atoms with Crippen molar-refractivity contribution >= 4 is 11.7 Å². The molecule has 0 aliphatic carbocycles. The van der Waals surface area contributed by atoms with E-state index in [0.717, 1.165) is 25.9 Å². The fraction of sp³-hybridized carbons (Fsp3) is 0.600. The van der Waals surface area contributed by atoms with E-state index in [2.05, 4.69) is 4.98 Å². The molecule has 0 N–H and O–H groups in total. The van der Waals surface area contributed by atoms with Crippen LogP contribution in [-0.2, 0) is 4.74 Å². The maximum absolute atomic E-state index is 12.8. The molecule has 1 unspecified atom stereocenters. The number of morpholine rings is 1. The average molecular weight is 329 g/mol. The van der Waals surface area contributed by atoms with Gasteiger partial charge in [-0.1, -0.05) is 0 Å². The molecule has 0 aromatic carbocycles. The van der Waals surface area contributed by atoms with E-state index in [-0.39, 0.29) is 19.1 Å². The van der Waals surface area contributed by atoms with E-state index in [1.54, 1.807) is 17.0 Å². The second-order valence-electron chi connectivity index (χ2n) is 5.75. The molecule has 126 valence electrons. The lowest BCUT2D eigenvalue weighted by Crippen LogP contribution is -2.49. The first-order valence-electron chi connectivity index (χ1n) is 7.64. The van der Waals surface area contributed by atoms with E-state index in [1.807, 2.05) is 0 Å². The number of nitrogens with zero attached hydrogens (tertiary/aromatic N) is 3. The van der Waals surface area contributed by atoms with Gasteiger partial charge < -0.3 is 14.5 Å². The fourth-order valence-electron chi connectivity index (χ4n) is 2.88. The Morgan fingerprint density at radius 3 is 2.70 bits per heavy atom. The van der Waals surface area contributed by atoms with Gasteiger partial charge in [0.15, 0.2) is 6.10 Å². The second-order valence-corrected chi connectivity index (χ2v) is 5.75. The van der Waals surface area contributed by atoms with Gasteiger partial charge in [-0.2, -0.15) is 13.2 Å². The zero-order valence-electron chi connectivity index (χ0n) is 12.6. The largest absolute Gasteiger partial charge is 0.416 e. The van der Waals surface area contributed by atoms with Crippen molar-refractivity contribution in [2.75, 3.05) is 37.7 Å². The second kappa shape index (κ2) is 6.35. The van der Waals surface area contributed by atoms with E-state index in [0.29, 0.717) is 17.9 Å². The Morgan fingerprint density at radius 1 is 1.26 bits per heavy atom. The average Bonchev–Trinajstić information content (AvgIpc) is 3.08. The van der Waals surface area contributed by atoms with Crippen LogP contribution in [-0.4, -0.2) is 60.9 Å². The number of likely N-dealkylation sites (tertiary alicyclic amines) is 1. The highest BCUT2D eigenvalue weighted by molar-refractivity contribution is 5.95. The molecule has 0 spiro atoms. The van der Waals surface area contributed by atoms with Crippen LogP contribution in [0.4, 0.5) is 19.0 Å². The summed E-state index contributed by atoms with van der Waals surface area (Å²) in [6.07, 6.45) is -2.78. The van der Waals surface area contributed by atoms with Crippen molar-refractivity contribution in [2.45, 2.75) is 25.1 Å². The highest BCUT2D eigenvalue weighted by Gasteiger charge is 2.43. The summed E-state index contributed by atoms with van der Waals surface area (Å²) < 4.78 is 43.2. The predicted molar refractivity (Wildman–Crippen MR) is 77.4 cm³/mol. The lowest BCUT2D eigenvalue weighted by atomic mass is 10.2. The van der Waals surface area contributed by atoms with E-state index < -0.39 is 12.3 Å². The first-order valence-corrected chi connectivity index (χ1v) is 7.64. The van der Waals surface area contributed by atoms with Gasteiger partial charge in [-0.15, -0.1) is 0 Å². The van der Waals surface area contributed by atoms with Crippen molar-refractivity contribution in [3.8, 4) is 0 Å². The fourth-order valence-corrected chi connectivity index (χ4v) is 2.88. The van der Waals surface area contributed by atoms with Crippen LogP contribution in [0.25, 0.3) is 0 Å². The highest BCUT2D eigenvalue weighted by Crippen LogP contribution is 2.27. The number of pyridine rings is 1. The maximum Gasteiger partial charge on any atom is 0.416 e. The third kappa shape index (κ3) is 3.57. The number of anilines is 1. The Morgan fingerprint density at radius 2 is 2.00 bits per heavy atom. The molecule has 1 aromatic heterocycles. The van der Waals surface area contributed by atoms with Gasteiger partial charge in [-0.3, -0.25) is 4.79 Å². The zero-order valence-corrected chi connectivity index (χ0v) is 12.6. The summed E-state index contributed by atoms with van der Waals surface area (Å²) in [7, 11) is 0. The van der Waals surface area contributed by atoms with E-state index in [1.165, 1.54) is 11.1 Å². The molecule has 23 heavy (non-hydrogen) atoms. The number of hydrogen-bond acceptors (Lipinski definition) is 4. The van der Waals surface area contributed by atoms with E-state index >= 15 is 0 Å². The molecule has 8 heteroatoms. The maximum atomic E-state index is 12.8. The molecule has 1 amide bonds. The van der Waals surface area contributed by atoms with Crippen LogP contribution in [0, 0.1) is 0 Å². The Hall–Kier alpha value is -1.83. The Bertz CT molecular complexity index is 573. The van der Waals surface area contributed by atoms with Crippen molar-refractivity contribution < 1.29 is 22.7 Å². The molecule has 1 atom stereocenters. The van der Waals surface area contributed by atoms with Crippen LogP contribution in [0.1, 0.15) is 23.2 Å². The Kier molecular flexibility index (Phi) is 4.43. The van der Waals surface area contributed by atoms with Gasteiger partial charge >= 0.3 is 6.18 Å². The molecule has 2 fully saturated rings. The van der Waals surface area contributed by atoms with Gasteiger partial charge in [0.25, 0.3) is 5.91 Å². The standard InChI is InChI=1S/C15H18F3N3O2/c16-15(17,18)12-10-21(7-8-23-12)13-9-11(3-4-19-13)14(22)20-5-1-2-6-20/h3-4,9,12H,1-2,5-8,10H2. The van der Waals surface area contributed by atoms with Gasteiger partial charge in [0.1, 0.15) is 5.82 Å². The molecular weight excluding hydrogens is 311 g/mol. The number of ether oxygens (including phenoxy) is 1. The Balaban J connectivity index is 1.75. The Labute approximate surface area is 132 Å². The van der Waals surface area contributed by atoms with Crippen LogP contribution in [0.3, 0.4) is 0 Å². The molecule has 3 rings (SSSR count). The summed E-state index contributed by atoms with van der Waals surface area (Å²) >= 11 is 0. The molecule has 1 aromatic rings. The lowest BCUT2D eigenvalue weighted by molar-refractivity contribution is -0.221. The molecule has 0 radical (unpaired) electrons. The molecule has 0 bridgehead atoms. The molecule has 0 saturated carbocycles. The molecule has 2 aliphatic rings. The quantitative estimate of drug-likeness (QED) is 0.833. The summed E-state index contributed by atoms with van der Waals surface area (Å²) in [4.78, 5) is 19.8. The third-order valence-corrected chi connectivity index (χ3v) is 4.14. The molecule has 2 aliphatic heterocycles. The summed E-state index contributed by atoms with van der Waals surface area (Å²) in [6, 6.07) is 3.17.